The highest BCUT2D eigenvalue weighted by molar-refractivity contribution is 5.63. The molecule has 0 aliphatic carbocycles. The zero-order valence-corrected chi connectivity index (χ0v) is 11.9. The summed E-state index contributed by atoms with van der Waals surface area (Å²) in [5.41, 5.74) is 2.32. The Hall–Kier alpha value is -2.28. The standard InChI is InChI=1S/C18H19NO2/c1-2-12-19-13-17(20)14-21-18-10-8-16(9-11-18)15-6-4-3-5-7-15/h1,3-11,17,19-20H,12-14H2/p+1/t17-/m1/s1. The van der Waals surface area contributed by atoms with Crippen molar-refractivity contribution in [1.29, 1.82) is 0 Å². The van der Waals surface area contributed by atoms with E-state index in [0.717, 1.165) is 11.3 Å². The van der Waals surface area contributed by atoms with Crippen LogP contribution < -0.4 is 10.1 Å². The lowest BCUT2D eigenvalue weighted by atomic mass is 10.1. The van der Waals surface area contributed by atoms with Crippen molar-refractivity contribution in [2.45, 2.75) is 6.10 Å². The van der Waals surface area contributed by atoms with E-state index in [1.165, 1.54) is 5.56 Å². The molecule has 3 heteroatoms. The summed E-state index contributed by atoms with van der Waals surface area (Å²) >= 11 is 0. The van der Waals surface area contributed by atoms with E-state index >= 15 is 0 Å². The zero-order chi connectivity index (χ0) is 14.9. The maximum absolute atomic E-state index is 9.74. The Morgan fingerprint density at radius 3 is 2.38 bits per heavy atom. The molecule has 0 saturated heterocycles. The number of terminal acetylenes is 1. The second-order valence-corrected chi connectivity index (χ2v) is 4.79. The maximum Gasteiger partial charge on any atom is 0.137 e. The van der Waals surface area contributed by atoms with Gasteiger partial charge in [0.1, 0.15) is 31.5 Å². The Morgan fingerprint density at radius 2 is 1.71 bits per heavy atom. The number of benzene rings is 2. The molecule has 1 atom stereocenters. The summed E-state index contributed by atoms with van der Waals surface area (Å²) in [6.45, 7) is 1.39. The Kier molecular flexibility index (Phi) is 5.83. The van der Waals surface area contributed by atoms with Gasteiger partial charge in [0.25, 0.3) is 0 Å². The monoisotopic (exact) mass is 282 g/mol. The maximum atomic E-state index is 9.74. The number of aliphatic hydroxyl groups is 1. The molecule has 21 heavy (non-hydrogen) atoms. The van der Waals surface area contributed by atoms with Crippen LogP contribution in [0.3, 0.4) is 0 Å². The van der Waals surface area contributed by atoms with E-state index in [2.05, 4.69) is 18.1 Å². The fourth-order valence-electron chi connectivity index (χ4n) is 1.99. The summed E-state index contributed by atoms with van der Waals surface area (Å²) in [6, 6.07) is 18.0. The second kappa shape index (κ2) is 8.11. The van der Waals surface area contributed by atoms with E-state index in [4.69, 9.17) is 11.2 Å². The van der Waals surface area contributed by atoms with Crippen molar-refractivity contribution in [3.63, 3.8) is 0 Å². The number of aliphatic hydroxyl groups excluding tert-OH is 1. The minimum atomic E-state index is -0.521. The Labute approximate surface area is 125 Å². The summed E-state index contributed by atoms with van der Waals surface area (Å²) in [5, 5.41) is 11.6. The highest BCUT2D eigenvalue weighted by Crippen LogP contribution is 2.21. The molecule has 3 nitrogen and oxygen atoms in total. The van der Waals surface area contributed by atoms with Crippen LogP contribution in [-0.2, 0) is 0 Å². The molecule has 0 saturated carbocycles. The summed E-state index contributed by atoms with van der Waals surface area (Å²) < 4.78 is 5.57. The molecule has 0 aliphatic rings. The van der Waals surface area contributed by atoms with Crippen molar-refractivity contribution in [3.05, 3.63) is 54.6 Å². The van der Waals surface area contributed by atoms with Gasteiger partial charge in [-0.3, -0.25) is 0 Å². The Morgan fingerprint density at radius 1 is 1.05 bits per heavy atom. The normalized spacial score (nSPS) is 11.6. The highest BCUT2D eigenvalue weighted by atomic mass is 16.5. The first-order chi connectivity index (χ1) is 10.3. The van der Waals surface area contributed by atoms with E-state index in [1.54, 1.807) is 0 Å². The molecule has 0 spiro atoms. The number of ether oxygens (including phenoxy) is 1. The third-order valence-electron chi connectivity index (χ3n) is 3.10. The molecule has 0 aliphatic heterocycles. The Balaban J connectivity index is 1.84. The van der Waals surface area contributed by atoms with E-state index in [-0.39, 0.29) is 6.61 Å². The molecule has 0 aromatic heterocycles. The molecule has 0 bridgehead atoms. The minimum Gasteiger partial charge on any atom is -0.491 e. The van der Waals surface area contributed by atoms with Crippen molar-refractivity contribution < 1.29 is 15.2 Å². The first-order valence-electron chi connectivity index (χ1n) is 7.01. The fourth-order valence-corrected chi connectivity index (χ4v) is 1.99. The van der Waals surface area contributed by atoms with Crippen molar-refractivity contribution in [2.75, 3.05) is 19.7 Å². The smallest absolute Gasteiger partial charge is 0.137 e. The zero-order valence-electron chi connectivity index (χ0n) is 11.9. The predicted octanol–water partition coefficient (Wildman–Crippen LogP) is 1.29. The second-order valence-electron chi connectivity index (χ2n) is 4.79. The largest absolute Gasteiger partial charge is 0.491 e. The van der Waals surface area contributed by atoms with Crippen molar-refractivity contribution >= 4 is 0 Å². The van der Waals surface area contributed by atoms with Gasteiger partial charge in [0.15, 0.2) is 0 Å². The molecular weight excluding hydrogens is 262 g/mol. The van der Waals surface area contributed by atoms with Crippen LogP contribution in [0.1, 0.15) is 0 Å². The predicted molar refractivity (Wildman–Crippen MR) is 83.9 cm³/mol. The number of rotatable bonds is 7. The number of hydrogen-bond acceptors (Lipinski definition) is 2. The lowest BCUT2D eigenvalue weighted by Crippen LogP contribution is -2.86. The highest BCUT2D eigenvalue weighted by Gasteiger charge is 2.07. The fraction of sp³-hybridized carbons (Fsp3) is 0.222. The quantitative estimate of drug-likeness (QED) is 0.594. The van der Waals surface area contributed by atoms with E-state index < -0.39 is 6.10 Å². The third-order valence-corrected chi connectivity index (χ3v) is 3.10. The molecule has 3 N–H and O–H groups in total. The van der Waals surface area contributed by atoms with Gasteiger partial charge < -0.3 is 15.2 Å². The van der Waals surface area contributed by atoms with Crippen LogP contribution in [0, 0.1) is 12.3 Å². The van der Waals surface area contributed by atoms with E-state index in [0.29, 0.717) is 13.1 Å². The number of quaternary nitrogens is 1. The van der Waals surface area contributed by atoms with Crippen LogP contribution in [0.4, 0.5) is 0 Å². The molecule has 0 amide bonds. The molecule has 0 fully saturated rings. The molecule has 0 unspecified atom stereocenters. The molecule has 0 heterocycles. The lowest BCUT2D eigenvalue weighted by Gasteiger charge is -2.11. The number of nitrogens with two attached hydrogens (primary N) is 1. The van der Waals surface area contributed by atoms with Crippen molar-refractivity contribution in [3.8, 4) is 29.2 Å². The summed E-state index contributed by atoms with van der Waals surface area (Å²) in [4.78, 5) is 0. The van der Waals surface area contributed by atoms with Gasteiger partial charge in [0, 0.05) is 0 Å². The van der Waals surface area contributed by atoms with Gasteiger partial charge in [-0.2, -0.15) is 0 Å². The van der Waals surface area contributed by atoms with Gasteiger partial charge in [-0.25, -0.2) is 0 Å². The van der Waals surface area contributed by atoms with Crippen LogP contribution in [-0.4, -0.2) is 30.9 Å². The van der Waals surface area contributed by atoms with Gasteiger partial charge in [-0.1, -0.05) is 42.5 Å². The Bertz CT molecular complexity index is 572. The molecule has 0 radical (unpaired) electrons. The SMILES string of the molecule is C#CC[NH2+]C[C@@H](O)COc1ccc(-c2ccccc2)cc1. The van der Waals surface area contributed by atoms with Gasteiger partial charge in [-0.15, -0.1) is 6.42 Å². The molecule has 2 aromatic carbocycles. The molecule has 108 valence electrons. The lowest BCUT2D eigenvalue weighted by molar-refractivity contribution is -0.650. The van der Waals surface area contributed by atoms with Gasteiger partial charge >= 0.3 is 0 Å². The first-order valence-corrected chi connectivity index (χ1v) is 7.01. The average molecular weight is 282 g/mol. The third kappa shape index (κ3) is 4.96. The number of hydrogen-bond donors (Lipinski definition) is 2. The molecular formula is C18H20NO2+. The summed E-state index contributed by atoms with van der Waals surface area (Å²) in [7, 11) is 0. The first kappa shape index (κ1) is 15.1. The van der Waals surface area contributed by atoms with Crippen LogP contribution in [0.25, 0.3) is 11.1 Å². The topological polar surface area (TPSA) is 46.1 Å². The molecule has 2 rings (SSSR count). The van der Waals surface area contributed by atoms with Crippen molar-refractivity contribution in [1.82, 2.24) is 0 Å². The van der Waals surface area contributed by atoms with Crippen LogP contribution >= 0.6 is 0 Å². The minimum absolute atomic E-state index is 0.270. The van der Waals surface area contributed by atoms with Crippen molar-refractivity contribution in [2.24, 2.45) is 0 Å². The van der Waals surface area contributed by atoms with Gasteiger partial charge in [-0.05, 0) is 29.2 Å². The van der Waals surface area contributed by atoms with Crippen LogP contribution in [0.15, 0.2) is 54.6 Å². The summed E-state index contributed by atoms with van der Waals surface area (Å²) in [5.74, 6) is 3.27. The van der Waals surface area contributed by atoms with E-state index in [1.807, 2.05) is 47.8 Å². The van der Waals surface area contributed by atoms with Crippen LogP contribution in [0.2, 0.25) is 0 Å². The van der Waals surface area contributed by atoms with E-state index in [9.17, 15) is 5.11 Å². The van der Waals surface area contributed by atoms with Gasteiger partial charge in [0.05, 0.1) is 0 Å². The van der Waals surface area contributed by atoms with Gasteiger partial charge in [0.2, 0.25) is 0 Å². The average Bonchev–Trinajstić information content (AvgIpc) is 2.54. The summed E-state index contributed by atoms with van der Waals surface area (Å²) in [6.07, 6.45) is 4.63. The molecule has 2 aromatic rings. The van der Waals surface area contributed by atoms with Crippen LogP contribution in [0.5, 0.6) is 5.75 Å².